The Bertz CT molecular complexity index is 1480. The van der Waals surface area contributed by atoms with Crippen molar-refractivity contribution in [2.24, 2.45) is 0 Å². The molecular weight excluding hydrogens is 466 g/mol. The van der Waals surface area contributed by atoms with E-state index in [4.69, 9.17) is 9.72 Å². The van der Waals surface area contributed by atoms with E-state index in [1.807, 2.05) is 78.9 Å². The molecule has 1 N–H and O–H groups in total. The molecule has 0 saturated heterocycles. The quantitative estimate of drug-likeness (QED) is 0.318. The van der Waals surface area contributed by atoms with E-state index in [1.54, 1.807) is 13.3 Å². The van der Waals surface area contributed by atoms with Crippen LogP contribution < -0.4 is 10.1 Å². The molecule has 0 bridgehead atoms. The van der Waals surface area contributed by atoms with Gasteiger partial charge in [0.2, 0.25) is 0 Å². The third-order valence-corrected chi connectivity index (χ3v) is 5.72. The minimum absolute atomic E-state index is 0.213. The Labute approximate surface area is 193 Å². The van der Waals surface area contributed by atoms with Gasteiger partial charge in [-0.25, -0.2) is 4.98 Å². The van der Waals surface area contributed by atoms with E-state index in [1.165, 1.54) is 0 Å². The van der Waals surface area contributed by atoms with Crippen LogP contribution in [0.3, 0.4) is 0 Å². The largest absolute Gasteiger partial charge is 0.497 e. The maximum atomic E-state index is 13.3. The van der Waals surface area contributed by atoms with Crippen molar-refractivity contribution in [1.82, 2.24) is 9.97 Å². The second-order valence-electron chi connectivity index (χ2n) is 7.32. The molecule has 2 aromatic heterocycles. The number of fused-ring (bicyclic) bond motifs is 2. The summed E-state index contributed by atoms with van der Waals surface area (Å²) in [5.74, 6) is 0.527. The van der Waals surface area contributed by atoms with Crippen molar-refractivity contribution in [2.45, 2.75) is 0 Å². The van der Waals surface area contributed by atoms with Crippen LogP contribution in [0.25, 0.3) is 33.1 Å². The fraction of sp³-hybridized carbons (Fsp3) is 0.0385. The van der Waals surface area contributed by atoms with Gasteiger partial charge in [-0.2, -0.15) is 0 Å². The van der Waals surface area contributed by atoms with E-state index in [2.05, 4.69) is 26.2 Å². The van der Waals surface area contributed by atoms with Crippen LogP contribution >= 0.6 is 15.9 Å². The van der Waals surface area contributed by atoms with Crippen molar-refractivity contribution >= 4 is 49.3 Å². The number of methoxy groups -OCH3 is 1. The molecule has 2 heterocycles. The van der Waals surface area contributed by atoms with Crippen LogP contribution in [-0.2, 0) is 0 Å². The summed E-state index contributed by atoms with van der Waals surface area (Å²) < 4.78 is 6.21. The first-order valence-electron chi connectivity index (χ1n) is 10.0. The number of aromatic nitrogens is 2. The molecular formula is C26H18BrN3O2. The lowest BCUT2D eigenvalue weighted by molar-refractivity contribution is 0.102. The van der Waals surface area contributed by atoms with Crippen molar-refractivity contribution in [3.8, 4) is 17.0 Å². The Morgan fingerprint density at radius 1 is 0.938 bits per heavy atom. The van der Waals surface area contributed by atoms with E-state index >= 15 is 0 Å². The van der Waals surface area contributed by atoms with Gasteiger partial charge < -0.3 is 10.1 Å². The first-order chi connectivity index (χ1) is 15.6. The summed E-state index contributed by atoms with van der Waals surface area (Å²) in [6.45, 7) is 0. The monoisotopic (exact) mass is 483 g/mol. The van der Waals surface area contributed by atoms with Crippen molar-refractivity contribution in [3.63, 3.8) is 0 Å². The molecule has 0 aliphatic rings. The number of hydrogen-bond acceptors (Lipinski definition) is 4. The summed E-state index contributed by atoms with van der Waals surface area (Å²) in [5.41, 5.74) is 4.41. The number of benzene rings is 3. The Morgan fingerprint density at radius 3 is 2.66 bits per heavy atom. The van der Waals surface area contributed by atoms with Gasteiger partial charge in [-0.3, -0.25) is 9.78 Å². The number of halogens is 1. The van der Waals surface area contributed by atoms with Crippen LogP contribution in [0.5, 0.6) is 5.75 Å². The molecule has 5 rings (SSSR count). The Balaban J connectivity index is 1.54. The topological polar surface area (TPSA) is 64.1 Å². The van der Waals surface area contributed by atoms with Crippen LogP contribution in [0, 0.1) is 0 Å². The van der Waals surface area contributed by atoms with Crippen LogP contribution in [0.1, 0.15) is 10.4 Å². The second-order valence-corrected chi connectivity index (χ2v) is 8.23. The summed E-state index contributed by atoms with van der Waals surface area (Å²) in [7, 11) is 1.62. The SMILES string of the molecule is COc1ccc2cc(NC(=O)c3cc(-c4cccc(Br)c4)nc4ccccc34)cnc2c1. The fourth-order valence-electron chi connectivity index (χ4n) is 3.65. The highest BCUT2D eigenvalue weighted by Crippen LogP contribution is 2.28. The Morgan fingerprint density at radius 2 is 1.81 bits per heavy atom. The van der Waals surface area contributed by atoms with E-state index in [9.17, 15) is 4.79 Å². The van der Waals surface area contributed by atoms with Crippen molar-refractivity contribution in [3.05, 3.63) is 95.1 Å². The molecule has 0 atom stereocenters. The zero-order chi connectivity index (χ0) is 22.1. The highest BCUT2D eigenvalue weighted by molar-refractivity contribution is 9.10. The van der Waals surface area contributed by atoms with Crippen molar-refractivity contribution in [1.29, 1.82) is 0 Å². The highest BCUT2D eigenvalue weighted by atomic mass is 79.9. The summed E-state index contributed by atoms with van der Waals surface area (Å²) >= 11 is 3.51. The normalized spacial score (nSPS) is 10.9. The number of ether oxygens (including phenoxy) is 1. The van der Waals surface area contributed by atoms with Gasteiger partial charge in [0.05, 0.1) is 41.3 Å². The molecule has 5 aromatic rings. The van der Waals surface area contributed by atoms with Crippen LogP contribution in [0.15, 0.2) is 89.5 Å². The maximum Gasteiger partial charge on any atom is 0.256 e. The molecule has 0 aliphatic carbocycles. The molecule has 5 nitrogen and oxygen atoms in total. The van der Waals surface area contributed by atoms with E-state index < -0.39 is 0 Å². The molecule has 6 heteroatoms. The fourth-order valence-corrected chi connectivity index (χ4v) is 4.05. The van der Waals surface area contributed by atoms with Crippen LogP contribution in [-0.4, -0.2) is 23.0 Å². The number of pyridine rings is 2. The van der Waals surface area contributed by atoms with Gasteiger partial charge >= 0.3 is 0 Å². The molecule has 0 fully saturated rings. The average Bonchev–Trinajstić information content (AvgIpc) is 2.83. The molecule has 0 spiro atoms. The summed E-state index contributed by atoms with van der Waals surface area (Å²) in [6, 6.07) is 24.9. The Kier molecular flexibility index (Phi) is 5.29. The van der Waals surface area contributed by atoms with Gasteiger partial charge in [0.1, 0.15) is 5.75 Å². The lowest BCUT2D eigenvalue weighted by atomic mass is 10.0. The average molecular weight is 484 g/mol. The van der Waals surface area contributed by atoms with Gasteiger partial charge in [-0.05, 0) is 42.5 Å². The molecule has 0 radical (unpaired) electrons. The number of rotatable bonds is 4. The molecule has 32 heavy (non-hydrogen) atoms. The van der Waals surface area contributed by atoms with Crippen molar-refractivity contribution < 1.29 is 9.53 Å². The number of nitrogens with zero attached hydrogens (tertiary/aromatic N) is 2. The summed E-state index contributed by atoms with van der Waals surface area (Å²) in [5, 5.41) is 4.70. The first kappa shape index (κ1) is 20.2. The van der Waals surface area contributed by atoms with Gasteiger partial charge in [0, 0.05) is 26.9 Å². The van der Waals surface area contributed by atoms with E-state index in [-0.39, 0.29) is 5.91 Å². The summed E-state index contributed by atoms with van der Waals surface area (Å²) in [4.78, 5) is 22.5. The second kappa shape index (κ2) is 8.40. The molecule has 0 unspecified atom stereocenters. The molecule has 0 saturated carbocycles. The van der Waals surface area contributed by atoms with Crippen LogP contribution in [0.4, 0.5) is 5.69 Å². The molecule has 156 valence electrons. The standard InChI is InChI=1S/C26H18BrN3O2/c1-32-20-10-9-17-12-19(15-28-24(17)13-20)29-26(31)22-14-25(16-5-4-6-18(27)11-16)30-23-8-3-2-7-21(22)23/h2-15H,1H3,(H,29,31). The van der Waals surface area contributed by atoms with Gasteiger partial charge in [0.25, 0.3) is 5.91 Å². The number of hydrogen-bond donors (Lipinski definition) is 1. The molecule has 1 amide bonds. The molecule has 0 aliphatic heterocycles. The smallest absolute Gasteiger partial charge is 0.256 e. The van der Waals surface area contributed by atoms with Gasteiger partial charge in [-0.1, -0.05) is 46.3 Å². The lowest BCUT2D eigenvalue weighted by Gasteiger charge is -2.11. The predicted molar refractivity (Wildman–Crippen MR) is 131 cm³/mol. The number of carbonyl (C=O) groups is 1. The predicted octanol–water partition coefficient (Wildman–Crippen LogP) is 6.47. The number of para-hydroxylation sites is 1. The van der Waals surface area contributed by atoms with Gasteiger partial charge in [0.15, 0.2) is 0 Å². The van der Waals surface area contributed by atoms with E-state index in [0.717, 1.165) is 43.3 Å². The third kappa shape index (κ3) is 3.92. The van der Waals surface area contributed by atoms with Gasteiger partial charge in [-0.15, -0.1) is 0 Å². The highest BCUT2D eigenvalue weighted by Gasteiger charge is 2.15. The minimum Gasteiger partial charge on any atom is -0.497 e. The van der Waals surface area contributed by atoms with Crippen LogP contribution in [0.2, 0.25) is 0 Å². The Hall–Kier alpha value is -3.77. The zero-order valence-electron chi connectivity index (χ0n) is 17.2. The molecule has 3 aromatic carbocycles. The van der Waals surface area contributed by atoms with E-state index in [0.29, 0.717) is 11.3 Å². The minimum atomic E-state index is -0.213. The zero-order valence-corrected chi connectivity index (χ0v) is 18.8. The maximum absolute atomic E-state index is 13.3. The number of carbonyl (C=O) groups excluding carboxylic acids is 1. The third-order valence-electron chi connectivity index (χ3n) is 5.23. The van der Waals surface area contributed by atoms with Crippen molar-refractivity contribution in [2.75, 3.05) is 12.4 Å². The number of anilines is 1. The lowest BCUT2D eigenvalue weighted by Crippen LogP contribution is -2.13. The number of amides is 1. The number of nitrogens with one attached hydrogen (secondary N) is 1. The summed E-state index contributed by atoms with van der Waals surface area (Å²) in [6.07, 6.45) is 1.65. The first-order valence-corrected chi connectivity index (χ1v) is 10.8.